The van der Waals surface area contributed by atoms with Crippen LogP contribution in [0.3, 0.4) is 0 Å². The Labute approximate surface area is 70.8 Å². The summed E-state index contributed by atoms with van der Waals surface area (Å²) < 4.78 is 0. The average Bonchev–Trinajstić information content (AvgIpc) is 2.00. The molecule has 0 bridgehead atoms. The van der Waals surface area contributed by atoms with Crippen LogP contribution in [-0.2, 0) is 0 Å². The molecule has 1 unspecified atom stereocenters. The lowest BCUT2D eigenvalue weighted by atomic mass is 10.1. The van der Waals surface area contributed by atoms with Gasteiger partial charge in [0.15, 0.2) is 0 Å². The van der Waals surface area contributed by atoms with Crippen LogP contribution in [-0.4, -0.2) is 24.5 Å². The van der Waals surface area contributed by atoms with E-state index in [4.69, 9.17) is 6.42 Å². The standard InChI is InChI=1S/C10H19N/c1-5-7-8-10(3)11(4)9-6-2/h2,10H,5,7-9H2,1,3-4H3. The minimum Gasteiger partial charge on any atom is -0.293 e. The molecular weight excluding hydrogens is 134 g/mol. The van der Waals surface area contributed by atoms with E-state index in [0.717, 1.165) is 6.54 Å². The highest BCUT2D eigenvalue weighted by Gasteiger charge is 2.05. The third kappa shape index (κ3) is 4.86. The summed E-state index contributed by atoms with van der Waals surface area (Å²) in [6.07, 6.45) is 9.04. The predicted molar refractivity (Wildman–Crippen MR) is 50.5 cm³/mol. The van der Waals surface area contributed by atoms with Gasteiger partial charge in [0.05, 0.1) is 6.54 Å². The molecule has 0 saturated carbocycles. The summed E-state index contributed by atoms with van der Waals surface area (Å²) in [6, 6.07) is 0.631. The lowest BCUT2D eigenvalue weighted by Crippen LogP contribution is -2.29. The number of unbranched alkanes of at least 4 members (excludes halogenated alkanes) is 1. The molecule has 0 saturated heterocycles. The van der Waals surface area contributed by atoms with Gasteiger partial charge >= 0.3 is 0 Å². The lowest BCUT2D eigenvalue weighted by Gasteiger charge is -2.21. The summed E-state index contributed by atoms with van der Waals surface area (Å²) in [4.78, 5) is 2.22. The molecule has 64 valence electrons. The van der Waals surface area contributed by atoms with E-state index in [1.54, 1.807) is 0 Å². The molecule has 0 fully saturated rings. The van der Waals surface area contributed by atoms with Crippen LogP contribution in [0.5, 0.6) is 0 Å². The quantitative estimate of drug-likeness (QED) is 0.547. The van der Waals surface area contributed by atoms with Crippen LogP contribution < -0.4 is 0 Å². The van der Waals surface area contributed by atoms with Gasteiger partial charge in [-0.15, -0.1) is 6.42 Å². The highest BCUT2D eigenvalue weighted by atomic mass is 15.1. The van der Waals surface area contributed by atoms with Crippen molar-refractivity contribution in [1.82, 2.24) is 4.90 Å². The van der Waals surface area contributed by atoms with E-state index in [2.05, 4.69) is 31.7 Å². The van der Waals surface area contributed by atoms with E-state index in [9.17, 15) is 0 Å². The Bertz CT molecular complexity index is 123. The predicted octanol–water partition coefficient (Wildman–Crippen LogP) is 2.13. The Morgan fingerprint density at radius 3 is 2.64 bits per heavy atom. The van der Waals surface area contributed by atoms with Crippen molar-refractivity contribution in [2.45, 2.75) is 39.2 Å². The van der Waals surface area contributed by atoms with Crippen molar-refractivity contribution in [2.24, 2.45) is 0 Å². The first kappa shape index (κ1) is 10.5. The smallest absolute Gasteiger partial charge is 0.0598 e. The number of rotatable bonds is 5. The molecular formula is C10H19N. The zero-order valence-corrected chi connectivity index (χ0v) is 7.93. The van der Waals surface area contributed by atoms with Crippen molar-refractivity contribution in [3.05, 3.63) is 0 Å². The summed E-state index contributed by atoms with van der Waals surface area (Å²) in [5.41, 5.74) is 0. The Morgan fingerprint density at radius 1 is 1.55 bits per heavy atom. The number of terminal acetylenes is 1. The zero-order chi connectivity index (χ0) is 8.69. The van der Waals surface area contributed by atoms with Gasteiger partial charge in [-0.2, -0.15) is 0 Å². The molecule has 1 nitrogen and oxygen atoms in total. The minimum atomic E-state index is 0.631. The number of hydrogen-bond acceptors (Lipinski definition) is 1. The van der Waals surface area contributed by atoms with Gasteiger partial charge in [0.2, 0.25) is 0 Å². The van der Waals surface area contributed by atoms with Gasteiger partial charge in [-0.25, -0.2) is 0 Å². The third-order valence-electron chi connectivity index (χ3n) is 2.07. The molecule has 0 aromatic carbocycles. The molecule has 1 heteroatoms. The molecule has 0 aliphatic rings. The molecule has 0 spiro atoms. The first-order valence-electron chi connectivity index (χ1n) is 4.36. The molecule has 0 aromatic rings. The Kier molecular flexibility index (Phi) is 5.97. The Morgan fingerprint density at radius 2 is 2.18 bits per heavy atom. The third-order valence-corrected chi connectivity index (χ3v) is 2.07. The maximum absolute atomic E-state index is 5.20. The van der Waals surface area contributed by atoms with Gasteiger partial charge in [0.25, 0.3) is 0 Å². The molecule has 0 aromatic heterocycles. The average molecular weight is 153 g/mol. The first-order chi connectivity index (χ1) is 5.22. The van der Waals surface area contributed by atoms with Crippen LogP contribution in [0.1, 0.15) is 33.1 Å². The van der Waals surface area contributed by atoms with Gasteiger partial charge in [-0.3, -0.25) is 4.90 Å². The summed E-state index contributed by atoms with van der Waals surface area (Å²) in [7, 11) is 2.08. The summed E-state index contributed by atoms with van der Waals surface area (Å²) in [5, 5.41) is 0. The second-order valence-corrected chi connectivity index (χ2v) is 3.11. The highest BCUT2D eigenvalue weighted by molar-refractivity contribution is 4.88. The summed E-state index contributed by atoms with van der Waals surface area (Å²) >= 11 is 0. The second-order valence-electron chi connectivity index (χ2n) is 3.11. The van der Waals surface area contributed by atoms with Crippen molar-refractivity contribution in [3.8, 4) is 12.3 Å². The topological polar surface area (TPSA) is 3.24 Å². The van der Waals surface area contributed by atoms with Gasteiger partial charge in [0.1, 0.15) is 0 Å². The number of nitrogens with zero attached hydrogens (tertiary/aromatic N) is 1. The normalized spacial score (nSPS) is 13.0. The SMILES string of the molecule is C#CCN(C)C(C)CCCC. The van der Waals surface area contributed by atoms with Crippen LogP contribution in [0.4, 0.5) is 0 Å². The van der Waals surface area contributed by atoms with Crippen LogP contribution in [0.25, 0.3) is 0 Å². The monoisotopic (exact) mass is 153 g/mol. The van der Waals surface area contributed by atoms with E-state index in [0.29, 0.717) is 6.04 Å². The fraction of sp³-hybridized carbons (Fsp3) is 0.800. The van der Waals surface area contributed by atoms with Gasteiger partial charge in [-0.05, 0) is 20.4 Å². The maximum atomic E-state index is 5.20. The largest absolute Gasteiger partial charge is 0.293 e. The lowest BCUT2D eigenvalue weighted by molar-refractivity contribution is 0.270. The Hall–Kier alpha value is -0.480. The van der Waals surface area contributed by atoms with Crippen LogP contribution >= 0.6 is 0 Å². The second kappa shape index (κ2) is 6.24. The van der Waals surface area contributed by atoms with Crippen molar-refractivity contribution in [1.29, 1.82) is 0 Å². The van der Waals surface area contributed by atoms with Crippen molar-refractivity contribution in [3.63, 3.8) is 0 Å². The van der Waals surface area contributed by atoms with Gasteiger partial charge in [-0.1, -0.05) is 25.7 Å². The van der Waals surface area contributed by atoms with E-state index in [-0.39, 0.29) is 0 Å². The van der Waals surface area contributed by atoms with E-state index >= 15 is 0 Å². The molecule has 0 amide bonds. The van der Waals surface area contributed by atoms with Crippen molar-refractivity contribution < 1.29 is 0 Å². The van der Waals surface area contributed by atoms with Crippen LogP contribution in [0.15, 0.2) is 0 Å². The molecule has 0 radical (unpaired) electrons. The first-order valence-corrected chi connectivity index (χ1v) is 4.36. The molecule has 0 N–H and O–H groups in total. The maximum Gasteiger partial charge on any atom is 0.0598 e. The molecule has 0 aliphatic heterocycles. The van der Waals surface area contributed by atoms with Gasteiger partial charge < -0.3 is 0 Å². The molecule has 1 atom stereocenters. The molecule has 0 aliphatic carbocycles. The van der Waals surface area contributed by atoms with E-state index in [1.807, 2.05) is 0 Å². The Balaban J connectivity index is 3.48. The zero-order valence-electron chi connectivity index (χ0n) is 7.93. The molecule has 11 heavy (non-hydrogen) atoms. The fourth-order valence-electron chi connectivity index (χ4n) is 1.02. The van der Waals surface area contributed by atoms with E-state index < -0.39 is 0 Å². The van der Waals surface area contributed by atoms with Crippen LogP contribution in [0, 0.1) is 12.3 Å². The minimum absolute atomic E-state index is 0.631. The molecule has 0 rings (SSSR count). The molecule has 0 heterocycles. The number of hydrogen-bond donors (Lipinski definition) is 0. The van der Waals surface area contributed by atoms with Gasteiger partial charge in [0, 0.05) is 6.04 Å². The van der Waals surface area contributed by atoms with Crippen LogP contribution in [0.2, 0.25) is 0 Å². The van der Waals surface area contributed by atoms with Crippen molar-refractivity contribution in [2.75, 3.05) is 13.6 Å². The summed E-state index contributed by atoms with van der Waals surface area (Å²) in [6.45, 7) is 5.21. The van der Waals surface area contributed by atoms with E-state index in [1.165, 1.54) is 19.3 Å². The highest BCUT2D eigenvalue weighted by Crippen LogP contribution is 2.05. The fourth-order valence-corrected chi connectivity index (χ4v) is 1.02. The van der Waals surface area contributed by atoms with Crippen molar-refractivity contribution >= 4 is 0 Å². The summed E-state index contributed by atoms with van der Waals surface area (Å²) in [5.74, 6) is 2.65.